The lowest BCUT2D eigenvalue weighted by Gasteiger charge is -2.08. The third kappa shape index (κ3) is 4.68. The van der Waals surface area contributed by atoms with E-state index < -0.39 is 30.6 Å². The van der Waals surface area contributed by atoms with E-state index in [1.807, 2.05) is 0 Å². The van der Waals surface area contributed by atoms with Gasteiger partial charge in [-0.25, -0.2) is 14.6 Å². The number of aliphatic hydroxyl groups is 1. The molecule has 0 radical (unpaired) electrons. The summed E-state index contributed by atoms with van der Waals surface area (Å²) in [6.45, 7) is -0.566. The Kier molecular flexibility index (Phi) is 5.35. The molecule has 9 nitrogen and oxygen atoms in total. The number of esters is 2. The number of carbonyl (C=O) groups is 3. The van der Waals surface area contributed by atoms with Gasteiger partial charge in [-0.05, 0) is 0 Å². The number of ether oxygens (including phenoxy) is 2. The van der Waals surface area contributed by atoms with Crippen LogP contribution in [0.25, 0.3) is 0 Å². The van der Waals surface area contributed by atoms with Gasteiger partial charge in [-0.3, -0.25) is 4.79 Å². The van der Waals surface area contributed by atoms with E-state index in [4.69, 9.17) is 0 Å². The Morgan fingerprint density at radius 2 is 2.05 bits per heavy atom. The standard InChI is InChI=1S/C10H11N3O6/c1-18-8(15)2-3-9(16)19-4-7(14)10(17)13-6-11-5-12-13/h2-3,5-7,14H,4H2,1H3/b3-2+. The normalized spacial score (nSPS) is 12.1. The van der Waals surface area contributed by atoms with E-state index in [0.29, 0.717) is 0 Å². The minimum Gasteiger partial charge on any atom is -0.466 e. The highest BCUT2D eigenvalue weighted by Crippen LogP contribution is 1.93. The van der Waals surface area contributed by atoms with Crippen molar-refractivity contribution in [1.29, 1.82) is 0 Å². The molecule has 1 aromatic heterocycles. The quantitative estimate of drug-likeness (QED) is 0.509. The van der Waals surface area contributed by atoms with Crippen molar-refractivity contribution >= 4 is 17.8 Å². The number of nitrogens with zero attached hydrogens (tertiary/aromatic N) is 3. The highest BCUT2D eigenvalue weighted by molar-refractivity contribution is 5.91. The summed E-state index contributed by atoms with van der Waals surface area (Å²) in [5.41, 5.74) is 0. The molecule has 1 N–H and O–H groups in total. The lowest BCUT2D eigenvalue weighted by Crippen LogP contribution is -2.32. The van der Waals surface area contributed by atoms with Crippen LogP contribution in [0.1, 0.15) is 4.79 Å². The number of hydrogen-bond donors (Lipinski definition) is 1. The van der Waals surface area contributed by atoms with E-state index in [-0.39, 0.29) is 0 Å². The van der Waals surface area contributed by atoms with Gasteiger partial charge < -0.3 is 14.6 Å². The van der Waals surface area contributed by atoms with Crippen molar-refractivity contribution in [3.8, 4) is 0 Å². The Morgan fingerprint density at radius 3 is 2.63 bits per heavy atom. The molecule has 0 aliphatic heterocycles. The molecule has 0 saturated carbocycles. The van der Waals surface area contributed by atoms with Crippen LogP contribution >= 0.6 is 0 Å². The van der Waals surface area contributed by atoms with Gasteiger partial charge in [0, 0.05) is 12.2 Å². The Hall–Kier alpha value is -2.55. The van der Waals surface area contributed by atoms with Crippen LogP contribution < -0.4 is 0 Å². The lowest BCUT2D eigenvalue weighted by molar-refractivity contribution is -0.141. The largest absolute Gasteiger partial charge is 0.466 e. The molecule has 1 aromatic rings. The predicted molar refractivity (Wildman–Crippen MR) is 58.8 cm³/mol. The molecule has 0 amide bonds. The van der Waals surface area contributed by atoms with Crippen LogP contribution in [-0.4, -0.2) is 57.5 Å². The van der Waals surface area contributed by atoms with Crippen LogP contribution in [0.3, 0.4) is 0 Å². The molecule has 0 aliphatic rings. The van der Waals surface area contributed by atoms with Gasteiger partial charge in [-0.1, -0.05) is 0 Å². The van der Waals surface area contributed by atoms with E-state index in [2.05, 4.69) is 19.6 Å². The van der Waals surface area contributed by atoms with Crippen molar-refractivity contribution in [2.24, 2.45) is 0 Å². The molecule has 1 atom stereocenters. The lowest BCUT2D eigenvalue weighted by atomic mass is 10.3. The fourth-order valence-corrected chi connectivity index (χ4v) is 0.959. The summed E-state index contributed by atoms with van der Waals surface area (Å²) in [5.74, 6) is -2.41. The topological polar surface area (TPSA) is 121 Å². The fraction of sp³-hybridized carbons (Fsp3) is 0.300. The molecule has 0 aliphatic carbocycles. The second-order valence-corrected chi connectivity index (χ2v) is 3.18. The minimum atomic E-state index is -1.57. The van der Waals surface area contributed by atoms with Crippen molar-refractivity contribution in [3.05, 3.63) is 24.8 Å². The van der Waals surface area contributed by atoms with E-state index in [1.165, 1.54) is 0 Å². The minimum absolute atomic E-state index is 0.566. The van der Waals surface area contributed by atoms with Crippen molar-refractivity contribution in [2.45, 2.75) is 6.10 Å². The fourth-order valence-electron chi connectivity index (χ4n) is 0.959. The number of aliphatic hydroxyl groups excluding tert-OH is 1. The summed E-state index contributed by atoms with van der Waals surface area (Å²) in [4.78, 5) is 36.8. The average molecular weight is 269 g/mol. The summed E-state index contributed by atoms with van der Waals surface area (Å²) < 4.78 is 9.62. The molecule has 0 spiro atoms. The zero-order valence-corrected chi connectivity index (χ0v) is 9.92. The van der Waals surface area contributed by atoms with Gasteiger partial charge in [0.1, 0.15) is 19.3 Å². The third-order valence-electron chi connectivity index (χ3n) is 1.87. The van der Waals surface area contributed by atoms with Crippen molar-refractivity contribution in [3.63, 3.8) is 0 Å². The predicted octanol–water partition coefficient (Wildman–Crippen LogP) is -1.45. The summed E-state index contributed by atoms with van der Waals surface area (Å²) in [6.07, 6.45) is 2.32. The smallest absolute Gasteiger partial charge is 0.331 e. The van der Waals surface area contributed by atoms with Crippen LogP contribution in [-0.2, 0) is 19.1 Å². The second kappa shape index (κ2) is 7.01. The van der Waals surface area contributed by atoms with E-state index >= 15 is 0 Å². The summed E-state index contributed by atoms with van der Waals surface area (Å²) in [7, 11) is 1.15. The molecule has 0 saturated heterocycles. The molecular formula is C10H11N3O6. The van der Waals surface area contributed by atoms with E-state index in [9.17, 15) is 19.5 Å². The SMILES string of the molecule is COC(=O)/C=C/C(=O)OCC(O)C(=O)n1cncn1. The molecule has 0 aromatic carbocycles. The van der Waals surface area contributed by atoms with Crippen LogP contribution in [0.2, 0.25) is 0 Å². The van der Waals surface area contributed by atoms with Crippen LogP contribution in [0, 0.1) is 0 Å². The first-order valence-corrected chi connectivity index (χ1v) is 5.04. The molecule has 1 unspecified atom stereocenters. The molecule has 1 heterocycles. The third-order valence-corrected chi connectivity index (χ3v) is 1.87. The van der Waals surface area contributed by atoms with Gasteiger partial charge in [-0.2, -0.15) is 9.78 Å². The van der Waals surface area contributed by atoms with Gasteiger partial charge in [-0.15, -0.1) is 0 Å². The Bertz CT molecular complexity index is 481. The first-order chi connectivity index (χ1) is 9.04. The number of carbonyl (C=O) groups excluding carboxylic acids is 3. The van der Waals surface area contributed by atoms with Crippen molar-refractivity contribution in [2.75, 3.05) is 13.7 Å². The zero-order valence-electron chi connectivity index (χ0n) is 9.92. The molecule has 0 bridgehead atoms. The number of aromatic nitrogens is 3. The first kappa shape index (κ1) is 14.5. The number of methoxy groups -OCH3 is 1. The van der Waals surface area contributed by atoms with Crippen LogP contribution in [0.4, 0.5) is 0 Å². The van der Waals surface area contributed by atoms with Gasteiger partial charge in [0.25, 0.3) is 5.91 Å². The molecule has 1 rings (SSSR count). The summed E-state index contributed by atoms with van der Waals surface area (Å²) >= 11 is 0. The molecular weight excluding hydrogens is 258 g/mol. The van der Waals surface area contributed by atoms with E-state index in [0.717, 1.165) is 36.6 Å². The van der Waals surface area contributed by atoms with E-state index in [1.54, 1.807) is 0 Å². The molecule has 102 valence electrons. The van der Waals surface area contributed by atoms with Crippen molar-refractivity contribution < 1.29 is 29.0 Å². The Morgan fingerprint density at radius 1 is 1.37 bits per heavy atom. The highest BCUT2D eigenvalue weighted by atomic mass is 16.5. The van der Waals surface area contributed by atoms with Gasteiger partial charge in [0.15, 0.2) is 6.10 Å². The number of hydrogen-bond acceptors (Lipinski definition) is 8. The average Bonchev–Trinajstić information content (AvgIpc) is 2.95. The van der Waals surface area contributed by atoms with Crippen LogP contribution in [0.5, 0.6) is 0 Å². The summed E-state index contributed by atoms with van der Waals surface area (Å²) in [5, 5.41) is 12.9. The van der Waals surface area contributed by atoms with Gasteiger partial charge in [0.2, 0.25) is 0 Å². The molecule has 9 heteroatoms. The van der Waals surface area contributed by atoms with Gasteiger partial charge >= 0.3 is 11.9 Å². The van der Waals surface area contributed by atoms with Crippen LogP contribution in [0.15, 0.2) is 24.8 Å². The second-order valence-electron chi connectivity index (χ2n) is 3.18. The van der Waals surface area contributed by atoms with Crippen molar-refractivity contribution in [1.82, 2.24) is 14.8 Å². The first-order valence-electron chi connectivity index (χ1n) is 5.04. The number of rotatable bonds is 5. The summed E-state index contributed by atoms with van der Waals surface area (Å²) in [6, 6.07) is 0. The molecule has 19 heavy (non-hydrogen) atoms. The van der Waals surface area contributed by atoms with Gasteiger partial charge in [0.05, 0.1) is 7.11 Å². The maximum Gasteiger partial charge on any atom is 0.331 e. The monoisotopic (exact) mass is 269 g/mol. The Balaban J connectivity index is 2.40. The maximum atomic E-state index is 11.5. The molecule has 0 fully saturated rings. The maximum absolute atomic E-state index is 11.5. The highest BCUT2D eigenvalue weighted by Gasteiger charge is 2.19. The zero-order chi connectivity index (χ0) is 14.3. The Labute approximate surface area is 107 Å².